The maximum Gasteiger partial charge on any atom is 0.239 e. The van der Waals surface area contributed by atoms with E-state index >= 15 is 4.39 Å². The molecule has 0 aliphatic heterocycles. The second-order valence-corrected chi connectivity index (χ2v) is 14.0. The summed E-state index contributed by atoms with van der Waals surface area (Å²) >= 11 is 4.42. The van der Waals surface area contributed by atoms with Crippen LogP contribution in [0.3, 0.4) is 0 Å². The summed E-state index contributed by atoms with van der Waals surface area (Å²) in [5, 5.41) is -0.0517. The number of hydrogen-bond donors (Lipinski definition) is 0. The minimum absolute atomic E-state index is 0.0349. The number of carbonyl (C=O) groups is 3. The van der Waals surface area contributed by atoms with E-state index in [9.17, 15) is 14.4 Å². The van der Waals surface area contributed by atoms with Crippen LogP contribution in [0.15, 0.2) is 21.5 Å². The van der Waals surface area contributed by atoms with Gasteiger partial charge in [-0.3, -0.25) is 14.4 Å². The molecule has 0 N–H and O–H groups in total. The molecule has 37 heavy (non-hydrogen) atoms. The SMILES string of the molecule is CCC(C)C(C)(C)C(=O)Sc1cc(N(C(=O)C(C)(C)C(C)CC)C(=O)C(C)(C)C(C)CC)c(F)cc1Br. The molecule has 0 heterocycles. The summed E-state index contributed by atoms with van der Waals surface area (Å²) < 4.78 is 16.0. The van der Waals surface area contributed by atoms with Crippen LogP contribution in [0, 0.1) is 39.8 Å². The number of thioether (sulfide) groups is 1. The summed E-state index contributed by atoms with van der Waals surface area (Å²) in [5.41, 5.74) is -2.52. The number of amides is 2. The monoisotopic (exact) mass is 599 g/mol. The first-order valence-corrected chi connectivity index (χ1v) is 15.0. The Hall–Kier alpha value is -1.21. The third-order valence-electron chi connectivity index (χ3n) is 9.01. The molecule has 0 spiro atoms. The third kappa shape index (κ3) is 7.06. The molecule has 1 aromatic rings. The molecule has 0 saturated carbocycles. The van der Waals surface area contributed by atoms with E-state index in [-0.39, 0.29) is 28.6 Å². The smallest absolute Gasteiger partial charge is 0.239 e. The van der Waals surface area contributed by atoms with Crippen molar-refractivity contribution >= 4 is 50.3 Å². The molecule has 0 bridgehead atoms. The molecule has 210 valence electrons. The number of benzene rings is 1. The first-order chi connectivity index (χ1) is 16.8. The van der Waals surface area contributed by atoms with Crippen molar-refractivity contribution in [3.8, 4) is 0 Å². The van der Waals surface area contributed by atoms with E-state index in [0.29, 0.717) is 9.37 Å². The van der Waals surface area contributed by atoms with E-state index in [4.69, 9.17) is 0 Å². The van der Waals surface area contributed by atoms with Crippen molar-refractivity contribution in [2.75, 3.05) is 4.90 Å². The average Bonchev–Trinajstić information content (AvgIpc) is 2.84. The number of imide groups is 1. The van der Waals surface area contributed by atoms with Crippen LogP contribution in [0.1, 0.15) is 102 Å². The van der Waals surface area contributed by atoms with Gasteiger partial charge >= 0.3 is 0 Å². The van der Waals surface area contributed by atoms with Crippen molar-refractivity contribution in [1.82, 2.24) is 0 Å². The molecule has 4 nitrogen and oxygen atoms in total. The highest BCUT2D eigenvalue weighted by atomic mass is 79.9. The Labute approximate surface area is 237 Å². The molecule has 0 radical (unpaired) electrons. The maximum absolute atomic E-state index is 15.6. The standard InChI is InChI=1S/C30H47BrFNO3S/c1-13-18(4)28(7,8)25(34)33(26(35)29(9,10)19(5)14-2)23-17-24(21(31)16-22(23)32)37-27(36)30(11,12)20(6)15-3/h16-20H,13-15H2,1-12H3. The Morgan fingerprint density at radius 1 is 0.811 bits per heavy atom. The lowest BCUT2D eigenvalue weighted by Gasteiger charge is -2.40. The predicted molar refractivity (Wildman–Crippen MR) is 157 cm³/mol. The Balaban J connectivity index is 3.80. The van der Waals surface area contributed by atoms with Gasteiger partial charge in [0.2, 0.25) is 11.8 Å². The third-order valence-corrected chi connectivity index (χ3v) is 11.2. The second kappa shape index (κ2) is 12.8. The zero-order chi connectivity index (χ0) is 29.1. The van der Waals surface area contributed by atoms with Crippen LogP contribution >= 0.6 is 27.7 Å². The number of halogens is 2. The molecule has 0 fully saturated rings. The topological polar surface area (TPSA) is 54.5 Å². The molecule has 3 unspecified atom stereocenters. The van der Waals surface area contributed by atoms with E-state index < -0.39 is 33.9 Å². The molecule has 0 aromatic heterocycles. The lowest BCUT2D eigenvalue weighted by atomic mass is 9.74. The lowest BCUT2D eigenvalue weighted by Crippen LogP contribution is -2.53. The van der Waals surface area contributed by atoms with Gasteiger partial charge in [-0.25, -0.2) is 9.29 Å². The van der Waals surface area contributed by atoms with Gasteiger partial charge < -0.3 is 0 Å². The van der Waals surface area contributed by atoms with E-state index in [1.54, 1.807) is 0 Å². The van der Waals surface area contributed by atoms with E-state index in [0.717, 1.165) is 35.9 Å². The van der Waals surface area contributed by atoms with Gasteiger partial charge in [-0.05, 0) is 45.8 Å². The highest BCUT2D eigenvalue weighted by Crippen LogP contribution is 2.43. The van der Waals surface area contributed by atoms with Crippen molar-refractivity contribution < 1.29 is 18.8 Å². The van der Waals surface area contributed by atoms with Crippen LogP contribution in [0.5, 0.6) is 0 Å². The molecule has 0 saturated heterocycles. The van der Waals surface area contributed by atoms with Crippen molar-refractivity contribution in [3.63, 3.8) is 0 Å². The Kier molecular flexibility index (Phi) is 11.7. The highest BCUT2D eigenvalue weighted by Gasteiger charge is 2.46. The fourth-order valence-corrected chi connectivity index (χ4v) is 5.59. The number of carbonyl (C=O) groups excluding carboxylic acids is 3. The molecule has 0 aliphatic carbocycles. The van der Waals surface area contributed by atoms with Crippen LogP contribution in [0.4, 0.5) is 10.1 Å². The molecule has 3 atom stereocenters. The maximum atomic E-state index is 15.6. The van der Waals surface area contributed by atoms with Gasteiger partial charge in [0, 0.05) is 25.6 Å². The first kappa shape index (κ1) is 33.8. The average molecular weight is 601 g/mol. The molecular formula is C30H47BrFNO3S. The summed E-state index contributed by atoms with van der Waals surface area (Å²) in [4.78, 5) is 43.0. The largest absolute Gasteiger partial charge is 0.286 e. The number of nitrogens with zero attached hydrogens (tertiary/aromatic N) is 1. The fraction of sp³-hybridized carbons (Fsp3) is 0.700. The summed E-state index contributed by atoms with van der Waals surface area (Å²) in [6.45, 7) is 23.1. The van der Waals surface area contributed by atoms with E-state index in [1.165, 1.54) is 12.1 Å². The summed E-state index contributed by atoms with van der Waals surface area (Å²) in [6, 6.07) is 2.73. The molecule has 1 aromatic carbocycles. The summed E-state index contributed by atoms with van der Waals surface area (Å²) in [6.07, 6.45) is 2.32. The van der Waals surface area contributed by atoms with Gasteiger partial charge in [-0.1, -0.05) is 114 Å². The number of rotatable bonds is 11. The van der Waals surface area contributed by atoms with Gasteiger partial charge in [-0.15, -0.1) is 0 Å². The van der Waals surface area contributed by atoms with E-state index in [2.05, 4.69) is 15.9 Å². The quantitative estimate of drug-likeness (QED) is 0.238. The molecule has 1 rings (SSSR count). The van der Waals surface area contributed by atoms with Crippen molar-refractivity contribution in [2.45, 2.75) is 107 Å². The van der Waals surface area contributed by atoms with Crippen molar-refractivity contribution in [1.29, 1.82) is 0 Å². The minimum Gasteiger partial charge on any atom is -0.286 e. The Bertz CT molecular complexity index is 971. The van der Waals surface area contributed by atoms with E-state index in [1.807, 2.05) is 83.1 Å². The number of hydrogen-bond acceptors (Lipinski definition) is 4. The van der Waals surface area contributed by atoms with Crippen molar-refractivity contribution in [3.05, 3.63) is 22.4 Å². The van der Waals surface area contributed by atoms with Crippen LogP contribution in [0.25, 0.3) is 0 Å². The van der Waals surface area contributed by atoms with Gasteiger partial charge in [-0.2, -0.15) is 0 Å². The van der Waals surface area contributed by atoms with Crippen LogP contribution in [-0.2, 0) is 14.4 Å². The molecular weight excluding hydrogens is 553 g/mol. The lowest BCUT2D eigenvalue weighted by molar-refractivity contribution is -0.138. The van der Waals surface area contributed by atoms with Crippen LogP contribution < -0.4 is 4.90 Å². The predicted octanol–water partition coefficient (Wildman–Crippen LogP) is 9.28. The number of anilines is 1. The minimum atomic E-state index is -0.906. The van der Waals surface area contributed by atoms with Gasteiger partial charge in [0.25, 0.3) is 0 Å². The van der Waals surface area contributed by atoms with Crippen molar-refractivity contribution in [2.24, 2.45) is 34.0 Å². The molecule has 7 heteroatoms. The Morgan fingerprint density at radius 2 is 1.19 bits per heavy atom. The van der Waals surface area contributed by atoms with Crippen LogP contribution in [-0.4, -0.2) is 16.9 Å². The zero-order valence-corrected chi connectivity index (χ0v) is 27.2. The fourth-order valence-electron chi connectivity index (χ4n) is 4.04. The van der Waals surface area contributed by atoms with Gasteiger partial charge in [0.15, 0.2) is 5.12 Å². The molecule has 2 amide bonds. The first-order valence-electron chi connectivity index (χ1n) is 13.4. The summed E-state index contributed by atoms with van der Waals surface area (Å²) in [5.74, 6) is -1.48. The van der Waals surface area contributed by atoms with Gasteiger partial charge in [0.1, 0.15) is 5.82 Å². The zero-order valence-electron chi connectivity index (χ0n) is 24.8. The summed E-state index contributed by atoms with van der Waals surface area (Å²) in [7, 11) is 0. The second-order valence-electron chi connectivity index (χ2n) is 12.2. The Morgan fingerprint density at radius 3 is 1.57 bits per heavy atom. The van der Waals surface area contributed by atoms with Crippen LogP contribution in [0.2, 0.25) is 0 Å². The van der Waals surface area contributed by atoms with Gasteiger partial charge in [0.05, 0.1) is 5.69 Å². The normalized spacial score (nSPS) is 15.2. The highest BCUT2D eigenvalue weighted by molar-refractivity contribution is 9.10. The molecule has 0 aliphatic rings.